The second-order valence-electron chi connectivity index (χ2n) is 4.64. The number of aromatic nitrogens is 3. The number of aliphatic hydroxyl groups excluding tert-OH is 1. The van der Waals surface area contributed by atoms with Gasteiger partial charge in [-0.1, -0.05) is 0 Å². The average Bonchev–Trinajstić information content (AvgIpc) is 2.42. The maximum atomic E-state index is 9.18. The van der Waals surface area contributed by atoms with Crippen LogP contribution in [0.3, 0.4) is 0 Å². The number of ether oxygens (including phenoxy) is 2. The fourth-order valence-corrected chi connectivity index (χ4v) is 1.62. The van der Waals surface area contributed by atoms with Crippen molar-refractivity contribution in [2.24, 2.45) is 0 Å². The number of nitrogens with zero attached hydrogens (tertiary/aromatic N) is 4. The van der Waals surface area contributed by atoms with Gasteiger partial charge in [0.2, 0.25) is 11.9 Å². The Hall–Kier alpha value is -1.67. The number of hydrogen-bond acceptors (Lipinski definition) is 8. The Balaban J connectivity index is 3.01. The van der Waals surface area contributed by atoms with Crippen molar-refractivity contribution in [1.82, 2.24) is 15.0 Å². The molecule has 1 rings (SSSR count). The lowest BCUT2D eigenvalue weighted by atomic mass is 10.5. The van der Waals surface area contributed by atoms with Gasteiger partial charge < -0.3 is 24.8 Å². The van der Waals surface area contributed by atoms with Crippen molar-refractivity contribution in [3.8, 4) is 6.01 Å². The molecule has 0 bridgehead atoms. The lowest BCUT2D eigenvalue weighted by Crippen LogP contribution is -2.32. The van der Waals surface area contributed by atoms with Gasteiger partial charge >= 0.3 is 6.01 Å². The lowest BCUT2D eigenvalue weighted by molar-refractivity contribution is 0.201. The molecule has 0 amide bonds. The Bertz CT molecular complexity index is 417. The zero-order valence-corrected chi connectivity index (χ0v) is 13.2. The molecule has 0 atom stereocenters. The van der Waals surface area contributed by atoms with Crippen LogP contribution in [-0.4, -0.2) is 66.1 Å². The van der Waals surface area contributed by atoms with E-state index in [1.807, 2.05) is 25.7 Å². The standard InChI is InChI=1S/C13H25N5O3/c1-5-14-11-15-12(17-13(16-11)21-10(2)3)18(6-8-19)7-9-20-4/h10,19H,5-9H2,1-4H3,(H,14,15,16,17). The topological polar surface area (TPSA) is 92.6 Å². The Morgan fingerprint density at radius 2 is 2.00 bits per heavy atom. The zero-order valence-electron chi connectivity index (χ0n) is 13.2. The van der Waals surface area contributed by atoms with Crippen LogP contribution in [0.2, 0.25) is 0 Å². The Labute approximate surface area is 125 Å². The minimum Gasteiger partial charge on any atom is -0.461 e. The van der Waals surface area contributed by atoms with Crippen LogP contribution >= 0.6 is 0 Å². The molecule has 0 spiro atoms. The third-order valence-electron chi connectivity index (χ3n) is 2.50. The van der Waals surface area contributed by atoms with Crippen LogP contribution in [0, 0.1) is 0 Å². The summed E-state index contributed by atoms with van der Waals surface area (Å²) in [4.78, 5) is 14.7. The lowest BCUT2D eigenvalue weighted by Gasteiger charge is -2.22. The van der Waals surface area contributed by atoms with Crippen LogP contribution in [0.15, 0.2) is 0 Å². The van der Waals surface area contributed by atoms with Gasteiger partial charge in [-0.05, 0) is 20.8 Å². The number of aliphatic hydroxyl groups is 1. The highest BCUT2D eigenvalue weighted by Gasteiger charge is 2.14. The molecule has 21 heavy (non-hydrogen) atoms. The molecule has 0 unspecified atom stereocenters. The summed E-state index contributed by atoms with van der Waals surface area (Å²) < 4.78 is 10.6. The Morgan fingerprint density at radius 3 is 2.57 bits per heavy atom. The van der Waals surface area contributed by atoms with Gasteiger partial charge in [-0.15, -0.1) is 0 Å². The molecular formula is C13H25N5O3. The molecule has 1 aromatic heterocycles. The molecule has 120 valence electrons. The summed E-state index contributed by atoms with van der Waals surface area (Å²) in [6.45, 7) is 7.99. The number of nitrogens with one attached hydrogen (secondary N) is 1. The Morgan fingerprint density at radius 1 is 1.24 bits per heavy atom. The van der Waals surface area contributed by atoms with Gasteiger partial charge in [0.25, 0.3) is 0 Å². The van der Waals surface area contributed by atoms with Crippen LogP contribution in [0.25, 0.3) is 0 Å². The monoisotopic (exact) mass is 299 g/mol. The van der Waals surface area contributed by atoms with Gasteiger partial charge in [0.05, 0.1) is 19.3 Å². The van der Waals surface area contributed by atoms with Crippen molar-refractivity contribution in [3.63, 3.8) is 0 Å². The minimum atomic E-state index is -0.0278. The average molecular weight is 299 g/mol. The molecule has 1 heterocycles. The molecular weight excluding hydrogens is 274 g/mol. The SMILES string of the molecule is CCNc1nc(OC(C)C)nc(N(CCO)CCOC)n1. The summed E-state index contributed by atoms with van der Waals surface area (Å²) in [7, 11) is 1.63. The fourth-order valence-electron chi connectivity index (χ4n) is 1.62. The van der Waals surface area contributed by atoms with E-state index in [9.17, 15) is 5.11 Å². The van der Waals surface area contributed by atoms with Gasteiger partial charge in [-0.3, -0.25) is 0 Å². The number of rotatable bonds is 10. The van der Waals surface area contributed by atoms with Crippen LogP contribution in [0.4, 0.5) is 11.9 Å². The van der Waals surface area contributed by atoms with Crippen molar-refractivity contribution in [1.29, 1.82) is 0 Å². The summed E-state index contributed by atoms with van der Waals surface area (Å²) in [6.07, 6.45) is -0.0278. The molecule has 0 saturated carbocycles. The van der Waals surface area contributed by atoms with E-state index in [1.165, 1.54) is 0 Å². The third-order valence-corrected chi connectivity index (χ3v) is 2.50. The molecule has 0 saturated heterocycles. The zero-order chi connectivity index (χ0) is 15.7. The van der Waals surface area contributed by atoms with E-state index in [1.54, 1.807) is 7.11 Å². The molecule has 0 radical (unpaired) electrons. The first-order valence-electron chi connectivity index (χ1n) is 7.12. The van der Waals surface area contributed by atoms with E-state index in [4.69, 9.17) is 9.47 Å². The smallest absolute Gasteiger partial charge is 0.323 e. The number of methoxy groups -OCH3 is 1. The predicted octanol–water partition coefficient (Wildman–Crippen LogP) is 0.536. The first-order chi connectivity index (χ1) is 10.1. The van der Waals surface area contributed by atoms with Crippen LogP contribution in [-0.2, 0) is 4.74 Å². The fraction of sp³-hybridized carbons (Fsp3) is 0.769. The summed E-state index contributed by atoms with van der Waals surface area (Å²) in [5.41, 5.74) is 0. The van der Waals surface area contributed by atoms with Gasteiger partial charge in [0.15, 0.2) is 0 Å². The molecule has 0 aliphatic rings. The van der Waals surface area contributed by atoms with Crippen molar-refractivity contribution in [2.75, 3.05) is 50.2 Å². The van der Waals surface area contributed by atoms with Crippen LogP contribution in [0.1, 0.15) is 20.8 Å². The molecule has 8 nitrogen and oxygen atoms in total. The largest absolute Gasteiger partial charge is 0.461 e. The maximum absolute atomic E-state index is 9.18. The Kier molecular flexibility index (Phi) is 7.70. The van der Waals surface area contributed by atoms with Crippen LogP contribution < -0.4 is 15.0 Å². The molecule has 0 fully saturated rings. The van der Waals surface area contributed by atoms with Gasteiger partial charge in [0, 0.05) is 26.7 Å². The van der Waals surface area contributed by atoms with Crippen LogP contribution in [0.5, 0.6) is 6.01 Å². The third kappa shape index (κ3) is 6.09. The van der Waals surface area contributed by atoms with E-state index in [-0.39, 0.29) is 18.7 Å². The highest BCUT2D eigenvalue weighted by atomic mass is 16.5. The first-order valence-corrected chi connectivity index (χ1v) is 7.12. The maximum Gasteiger partial charge on any atom is 0.323 e. The van der Waals surface area contributed by atoms with Crippen molar-refractivity contribution in [2.45, 2.75) is 26.9 Å². The first kappa shape index (κ1) is 17.4. The second-order valence-corrected chi connectivity index (χ2v) is 4.64. The van der Waals surface area contributed by atoms with Gasteiger partial charge in [-0.25, -0.2) is 0 Å². The molecule has 8 heteroatoms. The van der Waals surface area contributed by atoms with Gasteiger partial charge in [-0.2, -0.15) is 15.0 Å². The molecule has 0 aliphatic carbocycles. The number of hydrogen-bond donors (Lipinski definition) is 2. The van der Waals surface area contributed by atoms with Crippen molar-refractivity contribution >= 4 is 11.9 Å². The highest BCUT2D eigenvalue weighted by Crippen LogP contribution is 2.15. The van der Waals surface area contributed by atoms with Gasteiger partial charge in [0.1, 0.15) is 0 Å². The minimum absolute atomic E-state index is 0.00626. The van der Waals surface area contributed by atoms with Crippen molar-refractivity contribution in [3.05, 3.63) is 0 Å². The summed E-state index contributed by atoms with van der Waals surface area (Å²) in [5, 5.41) is 12.2. The summed E-state index contributed by atoms with van der Waals surface area (Å²) in [5.74, 6) is 0.918. The van der Waals surface area contributed by atoms with E-state index in [0.29, 0.717) is 38.1 Å². The normalized spacial score (nSPS) is 10.8. The second kappa shape index (κ2) is 9.30. The van der Waals surface area contributed by atoms with E-state index in [0.717, 1.165) is 0 Å². The number of anilines is 2. The molecule has 0 aliphatic heterocycles. The van der Waals surface area contributed by atoms with E-state index >= 15 is 0 Å². The van der Waals surface area contributed by atoms with E-state index in [2.05, 4.69) is 20.3 Å². The summed E-state index contributed by atoms with van der Waals surface area (Å²) in [6, 6.07) is 0.270. The summed E-state index contributed by atoms with van der Waals surface area (Å²) >= 11 is 0. The highest BCUT2D eigenvalue weighted by molar-refractivity contribution is 5.38. The predicted molar refractivity (Wildman–Crippen MR) is 80.9 cm³/mol. The molecule has 1 aromatic rings. The van der Waals surface area contributed by atoms with E-state index < -0.39 is 0 Å². The van der Waals surface area contributed by atoms with Crippen molar-refractivity contribution < 1.29 is 14.6 Å². The molecule has 2 N–H and O–H groups in total. The molecule has 0 aromatic carbocycles. The quantitative estimate of drug-likeness (QED) is 0.646.